The minimum atomic E-state index is 0.501. The van der Waals surface area contributed by atoms with Gasteiger partial charge in [0, 0.05) is 25.0 Å². The van der Waals surface area contributed by atoms with Crippen molar-refractivity contribution in [2.24, 2.45) is 11.8 Å². The van der Waals surface area contributed by atoms with E-state index in [1.165, 1.54) is 18.4 Å². The van der Waals surface area contributed by atoms with Gasteiger partial charge in [0.15, 0.2) is 0 Å². The van der Waals surface area contributed by atoms with E-state index in [0.29, 0.717) is 5.92 Å². The molecule has 2 heterocycles. The van der Waals surface area contributed by atoms with Crippen LogP contribution < -0.4 is 4.90 Å². The van der Waals surface area contributed by atoms with Crippen LogP contribution in [0.2, 0.25) is 0 Å². The van der Waals surface area contributed by atoms with Crippen molar-refractivity contribution in [3.63, 3.8) is 0 Å². The number of hydrogen-bond acceptors (Lipinski definition) is 3. The Morgan fingerprint density at radius 1 is 1.16 bits per heavy atom. The zero-order valence-corrected chi connectivity index (χ0v) is 13.0. The summed E-state index contributed by atoms with van der Waals surface area (Å²) >= 11 is 0. The summed E-state index contributed by atoms with van der Waals surface area (Å²) in [7, 11) is 0. The van der Waals surface area contributed by atoms with Crippen LogP contribution in [-0.2, 0) is 0 Å². The van der Waals surface area contributed by atoms with E-state index in [4.69, 9.17) is 4.98 Å². The molecule has 1 aliphatic heterocycles. The summed E-state index contributed by atoms with van der Waals surface area (Å²) in [5.41, 5.74) is 2.40. The van der Waals surface area contributed by atoms with Crippen molar-refractivity contribution >= 4 is 5.95 Å². The molecule has 0 atom stereocenters. The number of rotatable bonds is 3. The molecule has 0 saturated carbocycles. The molecule has 106 valence electrons. The first-order valence-corrected chi connectivity index (χ1v) is 7.57. The zero-order valence-electron chi connectivity index (χ0n) is 13.0. The molecule has 0 spiro atoms. The highest BCUT2D eigenvalue weighted by molar-refractivity contribution is 5.34. The molecule has 1 saturated heterocycles. The Morgan fingerprint density at radius 2 is 1.79 bits per heavy atom. The highest BCUT2D eigenvalue weighted by atomic mass is 15.2. The van der Waals surface area contributed by atoms with Gasteiger partial charge in [0.1, 0.15) is 0 Å². The minimum Gasteiger partial charge on any atom is -0.341 e. The lowest BCUT2D eigenvalue weighted by Gasteiger charge is -2.34. The Morgan fingerprint density at radius 3 is 2.26 bits per heavy atom. The van der Waals surface area contributed by atoms with E-state index in [0.717, 1.165) is 36.6 Å². The van der Waals surface area contributed by atoms with E-state index in [1.54, 1.807) is 0 Å². The van der Waals surface area contributed by atoms with Crippen molar-refractivity contribution in [3.8, 4) is 0 Å². The molecule has 3 nitrogen and oxygen atoms in total. The van der Waals surface area contributed by atoms with Crippen LogP contribution in [-0.4, -0.2) is 23.1 Å². The molecule has 0 bridgehead atoms. The zero-order chi connectivity index (χ0) is 14.0. The van der Waals surface area contributed by atoms with E-state index in [-0.39, 0.29) is 0 Å². The average Bonchev–Trinajstić information content (AvgIpc) is 2.38. The van der Waals surface area contributed by atoms with E-state index in [1.807, 2.05) is 6.20 Å². The second-order valence-corrected chi connectivity index (χ2v) is 6.43. The van der Waals surface area contributed by atoms with Gasteiger partial charge in [-0.1, -0.05) is 27.7 Å². The first-order valence-electron chi connectivity index (χ1n) is 7.57. The number of aromatic nitrogens is 2. The lowest BCUT2D eigenvalue weighted by atomic mass is 9.87. The molecule has 0 amide bonds. The predicted octanol–water partition coefficient (Wildman–Crippen LogP) is 3.78. The van der Waals surface area contributed by atoms with Gasteiger partial charge in [-0.05, 0) is 43.1 Å². The summed E-state index contributed by atoms with van der Waals surface area (Å²) in [6, 6.07) is 0. The van der Waals surface area contributed by atoms with Gasteiger partial charge in [-0.3, -0.25) is 0 Å². The molecule has 19 heavy (non-hydrogen) atoms. The third-order valence-electron chi connectivity index (χ3n) is 4.39. The van der Waals surface area contributed by atoms with Crippen molar-refractivity contribution in [2.45, 2.75) is 53.4 Å². The second kappa shape index (κ2) is 5.89. The van der Waals surface area contributed by atoms with Gasteiger partial charge in [-0.25, -0.2) is 9.97 Å². The predicted molar refractivity (Wildman–Crippen MR) is 80.6 cm³/mol. The lowest BCUT2D eigenvalue weighted by Crippen LogP contribution is -2.36. The summed E-state index contributed by atoms with van der Waals surface area (Å²) in [6.45, 7) is 13.4. The number of piperidine rings is 1. The highest BCUT2D eigenvalue weighted by Gasteiger charge is 2.23. The molecule has 1 aromatic rings. The largest absolute Gasteiger partial charge is 0.341 e. The van der Waals surface area contributed by atoms with Crippen molar-refractivity contribution in [3.05, 3.63) is 17.5 Å². The Kier molecular flexibility index (Phi) is 4.43. The molecule has 3 heteroatoms. The topological polar surface area (TPSA) is 29.0 Å². The Bertz CT molecular complexity index is 418. The van der Waals surface area contributed by atoms with Crippen molar-refractivity contribution in [1.29, 1.82) is 0 Å². The molecule has 0 radical (unpaired) electrons. The maximum absolute atomic E-state index is 4.70. The average molecular weight is 261 g/mol. The maximum Gasteiger partial charge on any atom is 0.225 e. The van der Waals surface area contributed by atoms with Crippen LogP contribution >= 0.6 is 0 Å². The fraction of sp³-hybridized carbons (Fsp3) is 0.750. The number of aryl methyl sites for hydroxylation is 1. The van der Waals surface area contributed by atoms with Crippen LogP contribution in [0.15, 0.2) is 6.20 Å². The van der Waals surface area contributed by atoms with Gasteiger partial charge in [0.25, 0.3) is 0 Å². The summed E-state index contributed by atoms with van der Waals surface area (Å²) in [6.07, 6.45) is 4.55. The molecule has 0 unspecified atom stereocenters. The third-order valence-corrected chi connectivity index (χ3v) is 4.39. The summed E-state index contributed by atoms with van der Waals surface area (Å²) in [5.74, 6) is 3.09. The fourth-order valence-corrected chi connectivity index (χ4v) is 2.95. The molecule has 1 aliphatic rings. The first-order chi connectivity index (χ1) is 8.99. The molecular weight excluding hydrogens is 234 g/mol. The summed E-state index contributed by atoms with van der Waals surface area (Å²) in [5, 5.41) is 0. The Hall–Kier alpha value is -1.12. The van der Waals surface area contributed by atoms with E-state index < -0.39 is 0 Å². The van der Waals surface area contributed by atoms with Crippen LogP contribution in [0.3, 0.4) is 0 Å². The molecule has 2 rings (SSSR count). The van der Waals surface area contributed by atoms with E-state index in [2.05, 4.69) is 44.5 Å². The van der Waals surface area contributed by atoms with Crippen molar-refractivity contribution < 1.29 is 0 Å². The number of anilines is 1. The van der Waals surface area contributed by atoms with Gasteiger partial charge >= 0.3 is 0 Å². The van der Waals surface area contributed by atoms with Crippen LogP contribution in [0, 0.1) is 18.8 Å². The Labute approximate surface area is 117 Å². The molecule has 0 aromatic carbocycles. The van der Waals surface area contributed by atoms with Crippen molar-refractivity contribution in [2.75, 3.05) is 18.0 Å². The van der Waals surface area contributed by atoms with Gasteiger partial charge in [0.05, 0.1) is 0 Å². The van der Waals surface area contributed by atoms with E-state index in [9.17, 15) is 0 Å². The number of hydrogen-bond donors (Lipinski definition) is 0. The smallest absolute Gasteiger partial charge is 0.225 e. The molecule has 1 aromatic heterocycles. The van der Waals surface area contributed by atoms with E-state index >= 15 is 0 Å². The minimum absolute atomic E-state index is 0.501. The molecular formula is C16H27N3. The highest BCUT2D eigenvalue weighted by Crippen LogP contribution is 2.27. The van der Waals surface area contributed by atoms with Gasteiger partial charge in [-0.15, -0.1) is 0 Å². The normalized spacial score (nSPS) is 17.5. The van der Waals surface area contributed by atoms with Crippen LogP contribution in [0.1, 0.15) is 57.7 Å². The van der Waals surface area contributed by atoms with Crippen molar-refractivity contribution in [1.82, 2.24) is 9.97 Å². The summed E-state index contributed by atoms with van der Waals surface area (Å²) in [4.78, 5) is 11.6. The number of nitrogens with zero attached hydrogens (tertiary/aromatic N) is 3. The lowest BCUT2D eigenvalue weighted by molar-refractivity contribution is 0.310. The maximum atomic E-state index is 4.70. The molecule has 1 fully saturated rings. The molecule has 0 aliphatic carbocycles. The first kappa shape index (κ1) is 14.3. The van der Waals surface area contributed by atoms with Gasteiger partial charge in [0.2, 0.25) is 5.95 Å². The fourth-order valence-electron chi connectivity index (χ4n) is 2.95. The van der Waals surface area contributed by atoms with Crippen LogP contribution in [0.5, 0.6) is 0 Å². The SMILES string of the molecule is Cc1nc(N2CCC(C(C)C)CC2)ncc1C(C)C. The monoisotopic (exact) mass is 261 g/mol. The van der Waals surface area contributed by atoms with Gasteiger partial charge < -0.3 is 4.90 Å². The van der Waals surface area contributed by atoms with Gasteiger partial charge in [-0.2, -0.15) is 0 Å². The third kappa shape index (κ3) is 3.26. The Balaban J connectivity index is 2.06. The standard InChI is InChI=1S/C16H27N3/c1-11(2)14-6-8-19(9-7-14)16-17-10-15(12(3)4)13(5)18-16/h10-12,14H,6-9H2,1-5H3. The van der Waals surface area contributed by atoms with Crippen LogP contribution in [0.4, 0.5) is 5.95 Å². The quantitative estimate of drug-likeness (QED) is 0.829. The second-order valence-electron chi connectivity index (χ2n) is 6.43. The summed E-state index contributed by atoms with van der Waals surface area (Å²) < 4.78 is 0. The molecule has 0 N–H and O–H groups in total. The van der Waals surface area contributed by atoms with Crippen LogP contribution in [0.25, 0.3) is 0 Å².